The van der Waals surface area contributed by atoms with Gasteiger partial charge in [0.15, 0.2) is 5.05 Å². The van der Waals surface area contributed by atoms with Gasteiger partial charge in [-0.3, -0.25) is 0 Å². The van der Waals surface area contributed by atoms with Crippen molar-refractivity contribution in [3.8, 4) is 0 Å². The van der Waals surface area contributed by atoms with Crippen LogP contribution in [0.15, 0.2) is 0 Å². The molecule has 0 amide bonds. The normalized spacial score (nSPS) is 10.8. The molecule has 0 aromatic carbocycles. The van der Waals surface area contributed by atoms with Crippen LogP contribution in [0.5, 0.6) is 0 Å². The van der Waals surface area contributed by atoms with Gasteiger partial charge < -0.3 is 5.11 Å². The van der Waals surface area contributed by atoms with Crippen molar-refractivity contribution >= 4 is 17.3 Å². The van der Waals surface area contributed by atoms with Crippen molar-refractivity contribution in [2.75, 3.05) is 0 Å². The van der Waals surface area contributed by atoms with Gasteiger partial charge in [-0.25, -0.2) is 0 Å². The van der Waals surface area contributed by atoms with Gasteiger partial charge >= 0.3 is 0 Å². The Hall–Kier alpha value is -0.110. The number of aliphatic hydroxyl groups is 1. The lowest BCUT2D eigenvalue weighted by Gasteiger charge is -2.03. The maximum absolute atomic E-state index is 8.89. The van der Waals surface area contributed by atoms with Crippen LogP contribution in [0.2, 0.25) is 0 Å². The second kappa shape index (κ2) is 16.9. The fourth-order valence-corrected chi connectivity index (χ4v) is 2.79. The Balaban J connectivity index is 2.94. The lowest BCUT2D eigenvalue weighted by Crippen LogP contribution is -1.90. The van der Waals surface area contributed by atoms with Crippen LogP contribution in [0.25, 0.3) is 0 Å². The SMILES string of the molecule is CCCCCCCCCCCCCCCCCC(O)=S. The molecule has 0 heterocycles. The van der Waals surface area contributed by atoms with E-state index in [4.69, 9.17) is 5.11 Å². The molecule has 20 heavy (non-hydrogen) atoms. The first-order valence-electron chi connectivity index (χ1n) is 8.99. The molecule has 0 aliphatic heterocycles. The minimum Gasteiger partial charge on any atom is -0.502 e. The predicted molar refractivity (Wildman–Crippen MR) is 94.8 cm³/mol. The molecular weight excluding hydrogens is 264 g/mol. The Kier molecular flexibility index (Phi) is 16.8. The monoisotopic (exact) mass is 300 g/mol. The number of hydrogen-bond acceptors (Lipinski definition) is 1. The zero-order chi connectivity index (χ0) is 14.9. The van der Waals surface area contributed by atoms with Crippen molar-refractivity contribution in [2.45, 2.75) is 110 Å². The van der Waals surface area contributed by atoms with E-state index >= 15 is 0 Å². The molecule has 0 unspecified atom stereocenters. The maximum atomic E-state index is 8.89. The molecule has 0 saturated heterocycles. The smallest absolute Gasteiger partial charge is 0.156 e. The third kappa shape index (κ3) is 17.9. The van der Waals surface area contributed by atoms with Gasteiger partial charge in [0.05, 0.1) is 0 Å². The highest BCUT2D eigenvalue weighted by atomic mass is 32.1. The molecule has 1 N–H and O–H groups in total. The van der Waals surface area contributed by atoms with Crippen molar-refractivity contribution in [1.82, 2.24) is 0 Å². The topological polar surface area (TPSA) is 20.2 Å². The Labute approximate surface area is 132 Å². The average molecular weight is 301 g/mol. The molecule has 0 rings (SSSR count). The molecule has 0 saturated carbocycles. The molecular formula is C18H36OS. The molecule has 0 spiro atoms. The fraction of sp³-hybridized carbons (Fsp3) is 0.944. The van der Waals surface area contributed by atoms with Gasteiger partial charge in [0, 0.05) is 6.42 Å². The van der Waals surface area contributed by atoms with Gasteiger partial charge in [-0.2, -0.15) is 0 Å². The van der Waals surface area contributed by atoms with Crippen LogP contribution in [-0.2, 0) is 0 Å². The minimum atomic E-state index is 0.180. The molecule has 0 atom stereocenters. The van der Waals surface area contributed by atoms with E-state index in [2.05, 4.69) is 19.1 Å². The van der Waals surface area contributed by atoms with Gasteiger partial charge in [0.1, 0.15) is 0 Å². The van der Waals surface area contributed by atoms with E-state index in [0.717, 1.165) is 6.42 Å². The van der Waals surface area contributed by atoms with Crippen LogP contribution in [0, 0.1) is 0 Å². The summed E-state index contributed by atoms with van der Waals surface area (Å²) in [5.41, 5.74) is 0. The highest BCUT2D eigenvalue weighted by Gasteiger charge is 1.95. The van der Waals surface area contributed by atoms with Crippen molar-refractivity contribution in [1.29, 1.82) is 0 Å². The number of thiocarbonyl (C=S) groups is 1. The standard InChI is InChI=1S/C18H36OS/c1-2-3-4-5-6-7-8-9-10-11-12-13-14-15-16-17-18(19)20/h2-17H2,1H3,(H,19,20). The Morgan fingerprint density at radius 3 is 1.20 bits per heavy atom. The molecule has 120 valence electrons. The highest BCUT2D eigenvalue weighted by molar-refractivity contribution is 7.80. The van der Waals surface area contributed by atoms with Crippen LogP contribution in [0.3, 0.4) is 0 Å². The van der Waals surface area contributed by atoms with Gasteiger partial charge in [-0.15, -0.1) is 0 Å². The number of hydrogen-bond donors (Lipinski definition) is 1. The van der Waals surface area contributed by atoms with Crippen molar-refractivity contribution < 1.29 is 5.11 Å². The second-order valence-electron chi connectivity index (χ2n) is 6.09. The summed E-state index contributed by atoms with van der Waals surface area (Å²) < 4.78 is 0. The molecule has 0 aliphatic rings. The quantitative estimate of drug-likeness (QED) is 0.241. The molecule has 0 aliphatic carbocycles. The zero-order valence-corrected chi connectivity index (χ0v) is 14.5. The van der Waals surface area contributed by atoms with E-state index in [-0.39, 0.29) is 5.05 Å². The summed E-state index contributed by atoms with van der Waals surface area (Å²) >= 11 is 4.65. The first-order valence-corrected chi connectivity index (χ1v) is 9.40. The first-order chi connectivity index (χ1) is 9.77. The van der Waals surface area contributed by atoms with Crippen LogP contribution in [0.4, 0.5) is 0 Å². The number of rotatable bonds is 16. The second-order valence-corrected chi connectivity index (χ2v) is 6.56. The summed E-state index contributed by atoms with van der Waals surface area (Å²) in [6.07, 6.45) is 21.3. The largest absolute Gasteiger partial charge is 0.502 e. The van der Waals surface area contributed by atoms with Crippen LogP contribution in [0.1, 0.15) is 110 Å². The van der Waals surface area contributed by atoms with Crippen molar-refractivity contribution in [3.63, 3.8) is 0 Å². The summed E-state index contributed by atoms with van der Waals surface area (Å²) in [6.45, 7) is 2.28. The maximum Gasteiger partial charge on any atom is 0.156 e. The first kappa shape index (κ1) is 19.9. The Morgan fingerprint density at radius 1 is 0.600 bits per heavy atom. The summed E-state index contributed by atoms with van der Waals surface area (Å²) in [7, 11) is 0. The van der Waals surface area contributed by atoms with Crippen molar-refractivity contribution in [3.05, 3.63) is 0 Å². The fourth-order valence-electron chi connectivity index (χ4n) is 2.65. The van der Waals surface area contributed by atoms with Gasteiger partial charge in [-0.05, 0) is 18.6 Å². The molecule has 1 nitrogen and oxygen atoms in total. The van der Waals surface area contributed by atoms with Gasteiger partial charge in [-0.1, -0.05) is 96.8 Å². The Bertz CT molecular complexity index is 204. The summed E-state index contributed by atoms with van der Waals surface area (Å²) in [6, 6.07) is 0. The van der Waals surface area contributed by atoms with Crippen molar-refractivity contribution in [2.24, 2.45) is 0 Å². The Morgan fingerprint density at radius 2 is 0.900 bits per heavy atom. The molecule has 0 bridgehead atoms. The van der Waals surface area contributed by atoms with E-state index in [9.17, 15) is 0 Å². The third-order valence-corrected chi connectivity index (χ3v) is 4.20. The summed E-state index contributed by atoms with van der Waals surface area (Å²) in [5, 5.41) is 9.07. The predicted octanol–water partition coefficient (Wildman–Crippen LogP) is 7.13. The van der Waals surface area contributed by atoms with E-state index < -0.39 is 0 Å². The zero-order valence-electron chi connectivity index (χ0n) is 13.7. The molecule has 0 radical (unpaired) electrons. The third-order valence-electron chi connectivity index (χ3n) is 3.99. The summed E-state index contributed by atoms with van der Waals surface area (Å²) in [5.74, 6) is 0. The average Bonchev–Trinajstić information content (AvgIpc) is 2.43. The van der Waals surface area contributed by atoms with E-state index in [1.54, 1.807) is 0 Å². The number of unbranched alkanes of at least 4 members (excludes halogenated alkanes) is 14. The molecule has 0 aromatic rings. The lowest BCUT2D eigenvalue weighted by atomic mass is 10.0. The van der Waals surface area contributed by atoms with Crippen LogP contribution >= 0.6 is 12.2 Å². The van der Waals surface area contributed by atoms with Gasteiger partial charge in [0.25, 0.3) is 0 Å². The van der Waals surface area contributed by atoms with E-state index in [0.29, 0.717) is 6.42 Å². The summed E-state index contributed by atoms with van der Waals surface area (Å²) in [4.78, 5) is 0. The van der Waals surface area contributed by atoms with Crippen LogP contribution < -0.4 is 0 Å². The van der Waals surface area contributed by atoms with Gasteiger partial charge in [0.2, 0.25) is 0 Å². The molecule has 0 aromatic heterocycles. The van der Waals surface area contributed by atoms with E-state index in [1.807, 2.05) is 0 Å². The number of aliphatic hydroxyl groups excluding tert-OH is 1. The minimum absolute atomic E-state index is 0.180. The molecule has 2 heteroatoms. The van der Waals surface area contributed by atoms with Crippen LogP contribution in [-0.4, -0.2) is 10.2 Å². The van der Waals surface area contributed by atoms with E-state index in [1.165, 1.54) is 89.9 Å². The highest BCUT2D eigenvalue weighted by Crippen LogP contribution is 2.13. The lowest BCUT2D eigenvalue weighted by molar-refractivity contribution is 0.521. The molecule has 0 fully saturated rings.